The fourth-order valence-electron chi connectivity index (χ4n) is 5.07. The number of fused-ring (bicyclic) bond motifs is 2. The van der Waals surface area contributed by atoms with Gasteiger partial charge in [0.1, 0.15) is 0 Å². The first-order chi connectivity index (χ1) is 9.56. The molecule has 0 radical (unpaired) electrons. The van der Waals surface area contributed by atoms with Gasteiger partial charge < -0.3 is 4.74 Å². The van der Waals surface area contributed by atoms with Gasteiger partial charge in [0, 0.05) is 11.3 Å². The van der Waals surface area contributed by atoms with Gasteiger partial charge in [0.15, 0.2) is 0 Å². The lowest BCUT2D eigenvalue weighted by molar-refractivity contribution is -0.174. The third kappa shape index (κ3) is 1.32. The minimum absolute atomic E-state index is 0.0414. The summed E-state index contributed by atoms with van der Waals surface area (Å²) < 4.78 is 5.51. The highest BCUT2D eigenvalue weighted by Gasteiger charge is 2.59. The smallest absolute Gasteiger partial charge is 0.315 e. The van der Waals surface area contributed by atoms with Crippen molar-refractivity contribution in [1.82, 2.24) is 0 Å². The maximum absolute atomic E-state index is 12.4. The number of cyclic esters (lactones) is 1. The summed E-state index contributed by atoms with van der Waals surface area (Å²) in [7, 11) is 0. The van der Waals surface area contributed by atoms with E-state index in [1.165, 1.54) is 11.1 Å². The summed E-state index contributed by atoms with van der Waals surface area (Å²) in [6.07, 6.45) is 6.34. The van der Waals surface area contributed by atoms with Gasteiger partial charge >= 0.3 is 5.97 Å². The number of hydrogen-bond acceptors (Lipinski definition) is 2. The maximum Gasteiger partial charge on any atom is 0.315 e. The Morgan fingerprint density at radius 3 is 2.90 bits per heavy atom. The Hall–Kier alpha value is -1.57. The average molecular weight is 268 g/mol. The number of allylic oxidation sites excluding steroid dienone is 1. The van der Waals surface area contributed by atoms with Crippen molar-refractivity contribution in [3.8, 4) is 0 Å². The molecular formula is C18H20O2. The van der Waals surface area contributed by atoms with Crippen LogP contribution < -0.4 is 0 Å². The molecule has 1 aliphatic heterocycles. The van der Waals surface area contributed by atoms with Gasteiger partial charge in [-0.15, -0.1) is 0 Å². The number of rotatable bonds is 0. The number of carbonyl (C=O) groups is 1. The highest BCUT2D eigenvalue weighted by molar-refractivity contribution is 5.81. The minimum Gasteiger partial charge on any atom is -0.465 e. The first-order valence-corrected chi connectivity index (χ1v) is 7.49. The van der Waals surface area contributed by atoms with Gasteiger partial charge in [0.05, 0.1) is 12.0 Å². The van der Waals surface area contributed by atoms with Crippen LogP contribution in [0.1, 0.15) is 31.4 Å². The summed E-state index contributed by atoms with van der Waals surface area (Å²) in [5.74, 6) is 0.763. The van der Waals surface area contributed by atoms with Crippen LogP contribution in [-0.2, 0) is 21.4 Å². The molecule has 0 saturated carbocycles. The van der Waals surface area contributed by atoms with Crippen LogP contribution in [0.2, 0.25) is 0 Å². The molecule has 1 heterocycles. The molecule has 1 aromatic rings. The van der Waals surface area contributed by atoms with Crippen molar-refractivity contribution in [3.63, 3.8) is 0 Å². The number of benzene rings is 1. The van der Waals surface area contributed by atoms with Crippen LogP contribution in [0.5, 0.6) is 0 Å². The summed E-state index contributed by atoms with van der Waals surface area (Å²) in [4.78, 5) is 12.4. The monoisotopic (exact) mass is 268 g/mol. The van der Waals surface area contributed by atoms with E-state index in [2.05, 4.69) is 50.3 Å². The summed E-state index contributed by atoms with van der Waals surface area (Å²) in [6.45, 7) is 4.98. The van der Waals surface area contributed by atoms with E-state index in [-0.39, 0.29) is 11.4 Å². The second-order valence-corrected chi connectivity index (χ2v) is 7.00. The fraction of sp³-hybridized carbons (Fsp3) is 0.500. The lowest BCUT2D eigenvalue weighted by Gasteiger charge is -2.57. The molecule has 0 bridgehead atoms. The quantitative estimate of drug-likeness (QED) is 0.533. The van der Waals surface area contributed by atoms with Gasteiger partial charge in [0.2, 0.25) is 0 Å². The number of carbonyl (C=O) groups excluding carboxylic acids is 1. The third-order valence-corrected chi connectivity index (χ3v) is 5.79. The minimum atomic E-state index is -0.455. The van der Waals surface area contributed by atoms with Crippen LogP contribution in [0.3, 0.4) is 0 Å². The molecule has 3 aliphatic rings. The first-order valence-electron chi connectivity index (χ1n) is 7.49. The zero-order chi connectivity index (χ0) is 14.0. The molecule has 4 atom stereocenters. The van der Waals surface area contributed by atoms with Crippen LogP contribution in [0.25, 0.3) is 0 Å². The largest absolute Gasteiger partial charge is 0.465 e. The maximum atomic E-state index is 12.4. The van der Waals surface area contributed by atoms with Gasteiger partial charge in [-0.1, -0.05) is 43.3 Å². The van der Waals surface area contributed by atoms with Crippen LogP contribution in [0, 0.1) is 17.3 Å². The average Bonchev–Trinajstić information content (AvgIpc) is 2.43. The van der Waals surface area contributed by atoms with Crippen molar-refractivity contribution in [3.05, 3.63) is 47.5 Å². The number of ether oxygens (including phenoxy) is 1. The van der Waals surface area contributed by atoms with E-state index < -0.39 is 5.41 Å². The molecule has 2 heteroatoms. The van der Waals surface area contributed by atoms with Gasteiger partial charge in [-0.2, -0.15) is 0 Å². The standard InChI is InChI=1S/C18H20O2/c1-17-8-5-9-18(2)15(17)13(11-20-16(18)19)10-12-6-3-4-7-14(12)17/h3-7,9,13,15H,8,10-11H2,1-2H3/t13-,15+,17-,18-/m1/s1. The normalized spacial score (nSPS) is 41.6. The summed E-state index contributed by atoms with van der Waals surface area (Å²) in [6, 6.07) is 8.74. The van der Waals surface area contributed by atoms with Crippen molar-refractivity contribution in [2.24, 2.45) is 17.3 Å². The van der Waals surface area contributed by atoms with Crippen LogP contribution in [0.4, 0.5) is 0 Å². The van der Waals surface area contributed by atoms with E-state index in [4.69, 9.17) is 4.74 Å². The Bertz CT molecular complexity index is 618. The predicted molar refractivity (Wildman–Crippen MR) is 77.3 cm³/mol. The van der Waals surface area contributed by atoms with E-state index in [1.807, 2.05) is 0 Å². The van der Waals surface area contributed by atoms with Gasteiger partial charge in [-0.05, 0) is 36.8 Å². The fourth-order valence-corrected chi connectivity index (χ4v) is 5.07. The van der Waals surface area contributed by atoms with E-state index in [1.54, 1.807) is 0 Å². The van der Waals surface area contributed by atoms with Crippen LogP contribution >= 0.6 is 0 Å². The Labute approximate surface area is 119 Å². The lowest BCUT2D eigenvalue weighted by atomic mass is 9.48. The summed E-state index contributed by atoms with van der Waals surface area (Å²) in [5, 5.41) is 0. The molecule has 0 aromatic heterocycles. The Balaban J connectivity index is 1.96. The highest BCUT2D eigenvalue weighted by Crippen LogP contribution is 2.58. The number of hydrogen-bond donors (Lipinski definition) is 0. The summed E-state index contributed by atoms with van der Waals surface area (Å²) >= 11 is 0. The van der Waals surface area contributed by atoms with Crippen molar-refractivity contribution in [2.45, 2.75) is 32.1 Å². The van der Waals surface area contributed by atoms with E-state index in [9.17, 15) is 4.79 Å². The van der Waals surface area contributed by atoms with E-state index in [0.717, 1.165) is 12.8 Å². The molecule has 104 valence electrons. The second kappa shape index (κ2) is 3.75. The highest BCUT2D eigenvalue weighted by atomic mass is 16.5. The Morgan fingerprint density at radius 1 is 1.25 bits per heavy atom. The van der Waals surface area contributed by atoms with Gasteiger partial charge in [-0.3, -0.25) is 4.79 Å². The lowest BCUT2D eigenvalue weighted by Crippen LogP contribution is -2.58. The van der Waals surface area contributed by atoms with Gasteiger partial charge in [0.25, 0.3) is 0 Å². The van der Waals surface area contributed by atoms with Crippen molar-refractivity contribution in [2.75, 3.05) is 6.61 Å². The van der Waals surface area contributed by atoms with Gasteiger partial charge in [-0.25, -0.2) is 0 Å². The second-order valence-electron chi connectivity index (χ2n) is 7.00. The van der Waals surface area contributed by atoms with Crippen LogP contribution in [0.15, 0.2) is 36.4 Å². The zero-order valence-corrected chi connectivity index (χ0v) is 12.1. The molecule has 0 N–H and O–H groups in total. The molecule has 2 nitrogen and oxygen atoms in total. The van der Waals surface area contributed by atoms with Crippen molar-refractivity contribution < 1.29 is 9.53 Å². The van der Waals surface area contributed by atoms with Crippen molar-refractivity contribution >= 4 is 5.97 Å². The van der Waals surface area contributed by atoms with Crippen LogP contribution in [-0.4, -0.2) is 12.6 Å². The Kier molecular flexibility index (Phi) is 2.28. The molecule has 2 aliphatic carbocycles. The third-order valence-electron chi connectivity index (χ3n) is 5.79. The topological polar surface area (TPSA) is 26.3 Å². The molecule has 0 amide bonds. The molecule has 0 unspecified atom stereocenters. The molecule has 4 rings (SSSR count). The molecule has 20 heavy (non-hydrogen) atoms. The molecule has 1 fully saturated rings. The molecular weight excluding hydrogens is 248 g/mol. The molecule has 1 aromatic carbocycles. The SMILES string of the molecule is C[C@]12C=CC[C@]3(C)c4ccccc4C[C@H](COC1=O)[C@H]23. The molecule has 1 saturated heterocycles. The Morgan fingerprint density at radius 2 is 2.05 bits per heavy atom. The van der Waals surface area contributed by atoms with Crippen molar-refractivity contribution in [1.29, 1.82) is 0 Å². The molecule has 0 spiro atoms. The van der Waals surface area contributed by atoms with E-state index in [0.29, 0.717) is 18.4 Å². The number of esters is 1. The zero-order valence-electron chi connectivity index (χ0n) is 12.1. The van der Waals surface area contributed by atoms with E-state index >= 15 is 0 Å². The predicted octanol–water partition coefficient (Wildman–Crippen LogP) is 3.26. The summed E-state index contributed by atoms with van der Waals surface area (Å²) in [5.41, 5.74) is 2.48. The first kappa shape index (κ1) is 12.2.